The number of halogens is 2. The number of hydrogen-bond acceptors (Lipinski definition) is 5. The van der Waals surface area contributed by atoms with E-state index >= 15 is 0 Å². The lowest BCUT2D eigenvalue weighted by atomic mass is 9.55. The van der Waals surface area contributed by atoms with Gasteiger partial charge < -0.3 is 10.1 Å². The third-order valence-corrected chi connectivity index (χ3v) is 9.25. The van der Waals surface area contributed by atoms with Gasteiger partial charge in [0, 0.05) is 16.3 Å². The number of likely N-dealkylation sites (tertiary alicyclic amines) is 1. The van der Waals surface area contributed by atoms with E-state index in [1.165, 1.54) is 0 Å². The monoisotopic (exact) mass is 634 g/mol. The molecule has 1 heterocycles. The molecule has 1 aliphatic heterocycles. The molecule has 1 N–H and O–H groups in total. The maximum Gasteiger partial charge on any atom is 0.329 e. The zero-order chi connectivity index (χ0) is 28.8. The minimum atomic E-state index is -1.10. The highest BCUT2D eigenvalue weighted by atomic mass is 79.9. The summed E-state index contributed by atoms with van der Waals surface area (Å²) in [5.74, 6) is -3.72. The molecule has 3 aliphatic carbocycles. The maximum atomic E-state index is 14.1. The molecule has 4 aliphatic rings. The van der Waals surface area contributed by atoms with E-state index in [9.17, 15) is 19.2 Å². The minimum Gasteiger partial charge on any atom is -0.454 e. The first-order valence-corrected chi connectivity index (χ1v) is 14.9. The van der Waals surface area contributed by atoms with Crippen LogP contribution in [0, 0.1) is 11.8 Å². The Morgan fingerprint density at radius 3 is 1.95 bits per heavy atom. The second-order valence-corrected chi connectivity index (χ2v) is 12.1. The van der Waals surface area contributed by atoms with E-state index in [4.69, 9.17) is 16.3 Å². The summed E-state index contributed by atoms with van der Waals surface area (Å²) < 4.78 is 6.16. The van der Waals surface area contributed by atoms with Crippen molar-refractivity contribution in [2.24, 2.45) is 11.8 Å². The zero-order valence-corrected chi connectivity index (χ0v) is 24.7. The van der Waals surface area contributed by atoms with Crippen molar-refractivity contribution < 1.29 is 23.9 Å². The molecule has 7 rings (SSSR count). The number of amides is 3. The quantitative estimate of drug-likeness (QED) is 0.241. The van der Waals surface area contributed by atoms with Crippen LogP contribution in [0.4, 0.5) is 5.69 Å². The van der Waals surface area contributed by atoms with Gasteiger partial charge in [0.2, 0.25) is 11.8 Å². The average molecular weight is 636 g/mol. The SMILES string of the molecule is CCCC[C@H](C(=O)OCC(=O)Nc1ccc(Br)cc1Cl)N1C(=O)[C@H]2C3c4ccccc4C(c4ccccc43)[C@@H]2C1=O. The van der Waals surface area contributed by atoms with Gasteiger partial charge in [0.15, 0.2) is 6.61 Å². The van der Waals surface area contributed by atoms with E-state index < -0.39 is 36.4 Å². The summed E-state index contributed by atoms with van der Waals surface area (Å²) in [4.78, 5) is 55.4. The van der Waals surface area contributed by atoms with Gasteiger partial charge >= 0.3 is 5.97 Å². The molecule has 0 aromatic heterocycles. The summed E-state index contributed by atoms with van der Waals surface area (Å²) in [7, 11) is 0. The predicted octanol–water partition coefficient (Wildman–Crippen LogP) is 6.04. The summed E-state index contributed by atoms with van der Waals surface area (Å²) in [5, 5.41) is 2.95. The third-order valence-electron chi connectivity index (χ3n) is 8.45. The number of hydrogen-bond donors (Lipinski definition) is 1. The molecule has 0 saturated carbocycles. The van der Waals surface area contributed by atoms with Crippen molar-refractivity contribution in [3.8, 4) is 0 Å². The van der Waals surface area contributed by atoms with Gasteiger partial charge in [-0.25, -0.2) is 4.79 Å². The first-order chi connectivity index (χ1) is 19.8. The van der Waals surface area contributed by atoms with Gasteiger partial charge in [-0.1, -0.05) is 95.8 Å². The summed E-state index contributed by atoms with van der Waals surface area (Å²) in [5.41, 5.74) is 4.64. The molecule has 3 aromatic rings. The van der Waals surface area contributed by atoms with Crippen LogP contribution in [0.15, 0.2) is 71.2 Å². The Bertz CT molecular complexity index is 1460. The van der Waals surface area contributed by atoms with Gasteiger partial charge in [-0.15, -0.1) is 0 Å². The largest absolute Gasteiger partial charge is 0.454 e. The summed E-state index contributed by atoms with van der Waals surface area (Å²) >= 11 is 9.50. The predicted molar refractivity (Wildman–Crippen MR) is 157 cm³/mol. The van der Waals surface area contributed by atoms with E-state index in [1.807, 2.05) is 55.5 Å². The molecule has 210 valence electrons. The van der Waals surface area contributed by atoms with Crippen LogP contribution in [0.1, 0.15) is 60.3 Å². The second-order valence-electron chi connectivity index (χ2n) is 10.7. The Morgan fingerprint density at radius 2 is 1.46 bits per heavy atom. The number of nitrogens with one attached hydrogen (secondary N) is 1. The van der Waals surface area contributed by atoms with Crippen LogP contribution in [-0.4, -0.2) is 41.2 Å². The average Bonchev–Trinajstić information content (AvgIpc) is 3.24. The van der Waals surface area contributed by atoms with Crippen molar-refractivity contribution in [1.29, 1.82) is 0 Å². The van der Waals surface area contributed by atoms with E-state index in [-0.39, 0.29) is 30.1 Å². The normalized spacial score (nSPS) is 22.6. The number of imide groups is 1. The maximum absolute atomic E-state index is 14.1. The van der Waals surface area contributed by atoms with Gasteiger partial charge in [0.25, 0.3) is 5.91 Å². The Hall–Kier alpha value is -3.49. The van der Waals surface area contributed by atoms with Crippen LogP contribution < -0.4 is 5.32 Å². The number of esters is 1. The second kappa shape index (κ2) is 11.1. The summed E-state index contributed by atoms with van der Waals surface area (Å²) in [6, 6.07) is 19.9. The topological polar surface area (TPSA) is 92.8 Å². The Morgan fingerprint density at radius 1 is 0.927 bits per heavy atom. The van der Waals surface area contributed by atoms with Crippen molar-refractivity contribution in [2.75, 3.05) is 11.9 Å². The lowest BCUT2D eigenvalue weighted by molar-refractivity contribution is -0.160. The fourth-order valence-corrected chi connectivity index (χ4v) is 7.49. The molecule has 9 heteroatoms. The molecule has 2 bridgehead atoms. The van der Waals surface area contributed by atoms with Crippen molar-refractivity contribution >= 4 is 56.9 Å². The van der Waals surface area contributed by atoms with E-state index in [0.29, 0.717) is 17.1 Å². The van der Waals surface area contributed by atoms with Crippen LogP contribution in [0.2, 0.25) is 5.02 Å². The van der Waals surface area contributed by atoms with Crippen LogP contribution in [-0.2, 0) is 23.9 Å². The number of anilines is 1. The number of benzene rings is 3. The van der Waals surface area contributed by atoms with Crippen LogP contribution in [0.25, 0.3) is 0 Å². The number of carbonyl (C=O) groups is 4. The molecule has 0 unspecified atom stereocenters. The molecule has 0 spiro atoms. The molecule has 1 saturated heterocycles. The van der Waals surface area contributed by atoms with Gasteiger partial charge in [0.1, 0.15) is 6.04 Å². The molecule has 1 fully saturated rings. The highest BCUT2D eigenvalue weighted by Crippen LogP contribution is 2.61. The lowest BCUT2D eigenvalue weighted by Gasteiger charge is -2.45. The number of nitrogens with zero attached hydrogens (tertiary/aromatic N) is 1. The molecule has 0 radical (unpaired) electrons. The van der Waals surface area contributed by atoms with Crippen molar-refractivity contribution in [3.05, 3.63) is 98.5 Å². The molecule has 3 amide bonds. The van der Waals surface area contributed by atoms with E-state index in [0.717, 1.165) is 38.0 Å². The highest BCUT2D eigenvalue weighted by Gasteiger charge is 2.63. The molecule has 7 nitrogen and oxygen atoms in total. The van der Waals surface area contributed by atoms with E-state index in [2.05, 4.69) is 21.2 Å². The van der Waals surface area contributed by atoms with Gasteiger partial charge in [-0.05, 0) is 46.9 Å². The van der Waals surface area contributed by atoms with Gasteiger partial charge in [-0.2, -0.15) is 0 Å². The fraction of sp³-hybridized carbons (Fsp3) is 0.312. The number of ether oxygens (including phenoxy) is 1. The number of rotatable bonds is 8. The van der Waals surface area contributed by atoms with Crippen LogP contribution >= 0.6 is 27.5 Å². The lowest BCUT2D eigenvalue weighted by Crippen LogP contribution is -2.47. The number of carbonyl (C=O) groups excluding carboxylic acids is 4. The molecular weight excluding hydrogens is 608 g/mol. The Balaban J connectivity index is 1.26. The van der Waals surface area contributed by atoms with E-state index in [1.54, 1.807) is 18.2 Å². The number of unbranched alkanes of at least 4 members (excludes halogenated alkanes) is 1. The first-order valence-electron chi connectivity index (χ1n) is 13.8. The third kappa shape index (κ3) is 4.67. The van der Waals surface area contributed by atoms with Gasteiger partial charge in [0.05, 0.1) is 22.5 Å². The zero-order valence-electron chi connectivity index (χ0n) is 22.3. The van der Waals surface area contributed by atoms with Crippen LogP contribution in [0.5, 0.6) is 0 Å². The Kier molecular flexibility index (Phi) is 7.47. The molecular formula is C32H28BrClN2O5. The minimum absolute atomic E-state index is 0.261. The van der Waals surface area contributed by atoms with Crippen LogP contribution in [0.3, 0.4) is 0 Å². The smallest absolute Gasteiger partial charge is 0.329 e. The molecule has 3 aromatic carbocycles. The fourth-order valence-electron chi connectivity index (χ4n) is 6.77. The Labute approximate surface area is 251 Å². The summed E-state index contributed by atoms with van der Waals surface area (Å²) in [6.45, 7) is 1.40. The molecule has 41 heavy (non-hydrogen) atoms. The first kappa shape index (κ1) is 27.7. The van der Waals surface area contributed by atoms with Crippen molar-refractivity contribution in [2.45, 2.75) is 44.1 Å². The van der Waals surface area contributed by atoms with Crippen molar-refractivity contribution in [3.63, 3.8) is 0 Å². The van der Waals surface area contributed by atoms with Crippen molar-refractivity contribution in [1.82, 2.24) is 4.90 Å². The highest BCUT2D eigenvalue weighted by molar-refractivity contribution is 9.10. The summed E-state index contributed by atoms with van der Waals surface area (Å²) in [6.07, 6.45) is 1.64. The van der Waals surface area contributed by atoms with Gasteiger partial charge in [-0.3, -0.25) is 19.3 Å². The standard InChI is InChI=1S/C32H28BrClN2O5/c1-2-3-12-24(32(40)41-16-25(37)35-23-14-13-17(33)15-22(23)34)36-30(38)28-26-18-8-4-5-9-19(18)27(29(28)31(36)39)21-11-7-6-10-20(21)26/h4-11,13-15,24,26-29H,2-3,12,16H2,1H3,(H,35,37)/t24-,26?,27?,28+,29+/m1/s1. The molecule has 3 atom stereocenters.